The number of rotatable bonds is 6. The van der Waals surface area contributed by atoms with Crippen LogP contribution in [0.5, 0.6) is 0 Å². The van der Waals surface area contributed by atoms with E-state index in [0.29, 0.717) is 12.1 Å². The van der Waals surface area contributed by atoms with Gasteiger partial charge in [-0.05, 0) is 68.3 Å². The van der Waals surface area contributed by atoms with Crippen molar-refractivity contribution in [2.75, 3.05) is 28.2 Å². The van der Waals surface area contributed by atoms with Crippen molar-refractivity contribution in [1.82, 2.24) is 0 Å². The van der Waals surface area contributed by atoms with Crippen LogP contribution in [0, 0.1) is 0 Å². The maximum absolute atomic E-state index is 13.0. The number of amides is 2. The van der Waals surface area contributed by atoms with Crippen molar-refractivity contribution < 1.29 is 9.59 Å². The largest absolute Gasteiger partial charge is 0.376 e. The molecule has 0 aromatic heterocycles. The third-order valence-electron chi connectivity index (χ3n) is 5.53. The molecule has 0 aliphatic carbocycles. The summed E-state index contributed by atoms with van der Waals surface area (Å²) in [7, 11) is 0. The fourth-order valence-corrected chi connectivity index (χ4v) is 4.02. The third kappa shape index (κ3) is 4.45. The molecule has 0 spiro atoms. The average molecular weight is 414 g/mol. The van der Waals surface area contributed by atoms with E-state index in [2.05, 4.69) is 11.4 Å². The Bertz CT molecular complexity index is 1060. The van der Waals surface area contributed by atoms with Crippen molar-refractivity contribution in [3.8, 4) is 0 Å². The van der Waals surface area contributed by atoms with Crippen molar-refractivity contribution in [1.29, 1.82) is 0 Å². The molecule has 1 heterocycles. The zero-order valence-corrected chi connectivity index (χ0v) is 17.9. The molecule has 0 saturated heterocycles. The molecular weight excluding hydrogens is 386 g/mol. The van der Waals surface area contributed by atoms with Gasteiger partial charge < -0.3 is 15.1 Å². The van der Waals surface area contributed by atoms with Crippen LogP contribution in [0.3, 0.4) is 0 Å². The summed E-state index contributed by atoms with van der Waals surface area (Å²) in [6.45, 7) is 4.89. The van der Waals surface area contributed by atoms with Gasteiger partial charge in [0.1, 0.15) is 0 Å². The van der Waals surface area contributed by atoms with Gasteiger partial charge in [0.25, 0.3) is 5.91 Å². The first-order valence-electron chi connectivity index (χ1n) is 10.7. The number of hydrogen-bond acceptors (Lipinski definition) is 3. The molecule has 3 aromatic rings. The number of para-hydroxylation sites is 2. The molecular formula is C26H27N3O2. The molecule has 5 nitrogen and oxygen atoms in total. The molecule has 0 saturated carbocycles. The summed E-state index contributed by atoms with van der Waals surface area (Å²) in [5.41, 5.74) is 4.54. The van der Waals surface area contributed by atoms with E-state index in [1.54, 1.807) is 4.90 Å². The summed E-state index contributed by atoms with van der Waals surface area (Å²) in [6.07, 6.45) is 0.886. The summed E-state index contributed by atoms with van der Waals surface area (Å²) >= 11 is 0. The van der Waals surface area contributed by atoms with Crippen LogP contribution in [0.1, 0.15) is 29.8 Å². The Labute approximate surface area is 183 Å². The van der Waals surface area contributed by atoms with Crippen molar-refractivity contribution in [2.45, 2.75) is 26.3 Å². The van der Waals surface area contributed by atoms with Crippen molar-refractivity contribution in [3.05, 3.63) is 90.0 Å². The van der Waals surface area contributed by atoms with Crippen molar-refractivity contribution in [3.63, 3.8) is 0 Å². The number of fused-ring (bicyclic) bond motifs is 1. The van der Waals surface area contributed by atoms with Crippen LogP contribution < -0.4 is 15.1 Å². The lowest BCUT2D eigenvalue weighted by Crippen LogP contribution is -2.40. The minimum absolute atomic E-state index is 0.00244. The van der Waals surface area contributed by atoms with E-state index in [1.165, 1.54) is 5.56 Å². The monoisotopic (exact) mass is 413 g/mol. The molecule has 0 unspecified atom stereocenters. The van der Waals surface area contributed by atoms with Gasteiger partial charge in [0.2, 0.25) is 5.91 Å². The quantitative estimate of drug-likeness (QED) is 0.635. The minimum atomic E-state index is -0.00460. The lowest BCUT2D eigenvalue weighted by Gasteiger charge is -2.27. The summed E-state index contributed by atoms with van der Waals surface area (Å²) in [5.74, 6) is -0.00216. The van der Waals surface area contributed by atoms with E-state index >= 15 is 0 Å². The second kappa shape index (κ2) is 9.04. The molecule has 31 heavy (non-hydrogen) atoms. The van der Waals surface area contributed by atoms with Crippen LogP contribution in [0.25, 0.3) is 0 Å². The van der Waals surface area contributed by atoms with E-state index in [-0.39, 0.29) is 24.4 Å². The van der Waals surface area contributed by atoms with E-state index in [0.717, 1.165) is 23.5 Å². The molecule has 1 N–H and O–H groups in total. The third-order valence-corrected chi connectivity index (χ3v) is 5.53. The molecule has 0 bridgehead atoms. The van der Waals surface area contributed by atoms with Crippen LogP contribution >= 0.6 is 0 Å². The SMILES string of the molecule is CC(C)N(C(=O)CNc1ccc(C(=O)N2CCc3ccccc32)cc1)c1ccccc1. The average Bonchev–Trinajstić information content (AvgIpc) is 3.22. The summed E-state index contributed by atoms with van der Waals surface area (Å²) in [4.78, 5) is 29.4. The number of carbonyl (C=O) groups is 2. The van der Waals surface area contributed by atoms with Gasteiger partial charge in [-0.2, -0.15) is 0 Å². The normalized spacial score (nSPS) is 12.5. The van der Waals surface area contributed by atoms with Gasteiger partial charge in [-0.15, -0.1) is 0 Å². The maximum Gasteiger partial charge on any atom is 0.258 e. The molecule has 0 atom stereocenters. The van der Waals surface area contributed by atoms with Crippen LogP contribution in [-0.2, 0) is 11.2 Å². The van der Waals surface area contributed by atoms with Crippen LogP contribution in [0.15, 0.2) is 78.9 Å². The second-order valence-electron chi connectivity index (χ2n) is 7.96. The number of nitrogens with one attached hydrogen (secondary N) is 1. The fourth-order valence-electron chi connectivity index (χ4n) is 4.02. The molecule has 5 heteroatoms. The first-order chi connectivity index (χ1) is 15.0. The smallest absolute Gasteiger partial charge is 0.258 e. The van der Waals surface area contributed by atoms with Gasteiger partial charge in [0.05, 0.1) is 6.54 Å². The van der Waals surface area contributed by atoms with E-state index < -0.39 is 0 Å². The van der Waals surface area contributed by atoms with Gasteiger partial charge in [0.15, 0.2) is 0 Å². The standard InChI is InChI=1S/C26H27N3O2/c1-19(2)29(23-9-4-3-5-10-23)25(30)18-27-22-14-12-21(13-15-22)26(31)28-17-16-20-8-6-7-11-24(20)28/h3-15,19,27H,16-18H2,1-2H3. The Morgan fingerprint density at radius 3 is 2.32 bits per heavy atom. The molecule has 3 aromatic carbocycles. The Kier molecular flexibility index (Phi) is 6.03. The Hall–Kier alpha value is -3.60. The number of anilines is 3. The van der Waals surface area contributed by atoms with Crippen molar-refractivity contribution >= 4 is 28.9 Å². The van der Waals surface area contributed by atoms with Gasteiger partial charge in [-0.1, -0.05) is 36.4 Å². The molecule has 1 aliphatic rings. The highest BCUT2D eigenvalue weighted by atomic mass is 16.2. The topological polar surface area (TPSA) is 52.7 Å². The molecule has 0 radical (unpaired) electrons. The predicted molar refractivity (Wildman–Crippen MR) is 126 cm³/mol. The molecule has 0 fully saturated rings. The zero-order chi connectivity index (χ0) is 21.8. The molecule has 4 rings (SSSR count). The number of nitrogens with zero attached hydrogens (tertiary/aromatic N) is 2. The highest BCUT2D eigenvalue weighted by Crippen LogP contribution is 2.29. The molecule has 2 amide bonds. The van der Waals surface area contributed by atoms with Crippen LogP contribution in [-0.4, -0.2) is 30.9 Å². The Balaban J connectivity index is 1.40. The maximum atomic E-state index is 13.0. The summed E-state index contributed by atoms with van der Waals surface area (Å²) in [5, 5.41) is 3.18. The van der Waals surface area contributed by atoms with Gasteiger partial charge >= 0.3 is 0 Å². The lowest BCUT2D eigenvalue weighted by atomic mass is 10.1. The minimum Gasteiger partial charge on any atom is -0.376 e. The highest BCUT2D eigenvalue weighted by molar-refractivity contribution is 6.07. The van der Waals surface area contributed by atoms with E-state index in [1.807, 2.05) is 91.5 Å². The van der Waals surface area contributed by atoms with Crippen LogP contribution in [0.2, 0.25) is 0 Å². The number of carbonyl (C=O) groups excluding carboxylic acids is 2. The highest BCUT2D eigenvalue weighted by Gasteiger charge is 2.25. The number of benzene rings is 3. The Morgan fingerprint density at radius 1 is 0.935 bits per heavy atom. The first-order valence-corrected chi connectivity index (χ1v) is 10.7. The van der Waals surface area contributed by atoms with Gasteiger partial charge in [-0.3, -0.25) is 9.59 Å². The summed E-state index contributed by atoms with van der Waals surface area (Å²) < 4.78 is 0. The molecule has 1 aliphatic heterocycles. The first kappa shape index (κ1) is 20.7. The van der Waals surface area contributed by atoms with Crippen molar-refractivity contribution in [2.24, 2.45) is 0 Å². The Morgan fingerprint density at radius 2 is 1.61 bits per heavy atom. The van der Waals surface area contributed by atoms with Crippen LogP contribution in [0.4, 0.5) is 17.1 Å². The van der Waals surface area contributed by atoms with E-state index in [4.69, 9.17) is 0 Å². The van der Waals surface area contributed by atoms with E-state index in [9.17, 15) is 9.59 Å². The number of hydrogen-bond donors (Lipinski definition) is 1. The summed E-state index contributed by atoms with van der Waals surface area (Å²) in [6, 6.07) is 25.1. The fraction of sp³-hybridized carbons (Fsp3) is 0.231. The zero-order valence-electron chi connectivity index (χ0n) is 17.9. The predicted octanol–water partition coefficient (Wildman–Crippen LogP) is 4.74. The lowest BCUT2D eigenvalue weighted by molar-refractivity contribution is -0.117. The molecule has 158 valence electrons. The van der Waals surface area contributed by atoms with Gasteiger partial charge in [0, 0.05) is 35.2 Å². The second-order valence-corrected chi connectivity index (χ2v) is 7.96. The van der Waals surface area contributed by atoms with Gasteiger partial charge in [-0.25, -0.2) is 0 Å².